The molecule has 1 heterocycles. The van der Waals surface area contributed by atoms with E-state index >= 15 is 0 Å². The molecular formula is C20H24ClN3O3. The summed E-state index contributed by atoms with van der Waals surface area (Å²) in [5.74, 6) is 0.809. The van der Waals surface area contributed by atoms with Gasteiger partial charge < -0.3 is 19.8 Å². The van der Waals surface area contributed by atoms with Crippen LogP contribution in [0.15, 0.2) is 42.5 Å². The number of ether oxygens (including phenoxy) is 2. The minimum absolute atomic E-state index is 0. The lowest BCUT2D eigenvalue weighted by Gasteiger charge is -2.16. The molecule has 0 aliphatic carbocycles. The van der Waals surface area contributed by atoms with Crippen molar-refractivity contribution in [1.82, 2.24) is 9.55 Å². The number of halogens is 1. The first kappa shape index (κ1) is 20.7. The molecule has 0 radical (unpaired) electrons. The van der Waals surface area contributed by atoms with Gasteiger partial charge in [-0.15, -0.1) is 12.4 Å². The first-order valence-electron chi connectivity index (χ1n) is 8.48. The predicted molar refractivity (Wildman–Crippen MR) is 108 cm³/mol. The van der Waals surface area contributed by atoms with Gasteiger partial charge in [0.1, 0.15) is 23.7 Å². The molecule has 2 aromatic carbocycles. The summed E-state index contributed by atoms with van der Waals surface area (Å²) in [6, 6.07) is 13.4. The number of aryl methyl sites for hydroxylation is 2. The summed E-state index contributed by atoms with van der Waals surface area (Å²) in [6.07, 6.45) is 0.696. The summed E-state index contributed by atoms with van der Waals surface area (Å²) in [5, 5.41) is 0. The highest BCUT2D eigenvalue weighted by Crippen LogP contribution is 2.29. The third kappa shape index (κ3) is 4.40. The van der Waals surface area contributed by atoms with Gasteiger partial charge in [0, 0.05) is 13.1 Å². The summed E-state index contributed by atoms with van der Waals surface area (Å²) in [7, 11) is 3.22. The number of nitrogens with zero attached hydrogens (tertiary/aromatic N) is 2. The highest BCUT2D eigenvalue weighted by molar-refractivity contribution is 6.05. The second-order valence-corrected chi connectivity index (χ2v) is 6.28. The molecule has 27 heavy (non-hydrogen) atoms. The minimum Gasteiger partial charge on any atom is -0.491 e. The van der Waals surface area contributed by atoms with Crippen molar-refractivity contribution in [2.24, 2.45) is 12.8 Å². The predicted octanol–water partition coefficient (Wildman–Crippen LogP) is 3.04. The second kappa shape index (κ2) is 8.88. The Morgan fingerprint density at radius 1 is 1.22 bits per heavy atom. The van der Waals surface area contributed by atoms with E-state index in [1.54, 1.807) is 6.07 Å². The van der Waals surface area contributed by atoms with Gasteiger partial charge >= 0.3 is 5.97 Å². The molecule has 0 bridgehead atoms. The van der Waals surface area contributed by atoms with E-state index in [0.717, 1.165) is 16.9 Å². The van der Waals surface area contributed by atoms with Crippen molar-refractivity contribution < 1.29 is 14.3 Å². The standard InChI is InChI=1S/C20H23N3O3.ClH/c1-13-22-16-9-10-17(18(20(24)25-3)19(16)23(13)2)26-12-15(21)11-14-7-5-4-6-8-14;/h4-10,15H,11-12,21H2,1-3H3;1H. The van der Waals surface area contributed by atoms with Gasteiger partial charge in [-0.05, 0) is 31.0 Å². The Balaban J connectivity index is 0.00000261. The van der Waals surface area contributed by atoms with Crippen LogP contribution < -0.4 is 10.5 Å². The normalized spacial score (nSPS) is 11.7. The summed E-state index contributed by atoms with van der Waals surface area (Å²) < 4.78 is 12.7. The lowest BCUT2D eigenvalue weighted by molar-refractivity contribution is 0.0597. The molecule has 1 aromatic heterocycles. The number of imidazole rings is 1. The van der Waals surface area contributed by atoms with Gasteiger partial charge in [-0.2, -0.15) is 0 Å². The number of aromatic nitrogens is 2. The fourth-order valence-corrected chi connectivity index (χ4v) is 2.99. The third-order valence-electron chi connectivity index (χ3n) is 4.40. The number of esters is 1. The second-order valence-electron chi connectivity index (χ2n) is 6.28. The van der Waals surface area contributed by atoms with Gasteiger partial charge in [-0.3, -0.25) is 0 Å². The maximum absolute atomic E-state index is 12.4. The summed E-state index contributed by atoms with van der Waals surface area (Å²) in [5.41, 5.74) is 9.15. The quantitative estimate of drug-likeness (QED) is 0.655. The Morgan fingerprint density at radius 3 is 2.59 bits per heavy atom. The van der Waals surface area contributed by atoms with Crippen LogP contribution in [0.25, 0.3) is 11.0 Å². The molecule has 2 N–H and O–H groups in total. The fraction of sp³-hybridized carbons (Fsp3) is 0.300. The van der Waals surface area contributed by atoms with Crippen molar-refractivity contribution in [3.05, 3.63) is 59.4 Å². The molecule has 6 nitrogen and oxygen atoms in total. The zero-order valence-electron chi connectivity index (χ0n) is 15.6. The number of fused-ring (bicyclic) bond motifs is 1. The van der Waals surface area contributed by atoms with Crippen molar-refractivity contribution in [3.8, 4) is 5.75 Å². The average molecular weight is 390 g/mol. The Bertz CT molecular complexity index is 925. The van der Waals surface area contributed by atoms with Gasteiger partial charge in [0.15, 0.2) is 0 Å². The van der Waals surface area contributed by atoms with Crippen LogP contribution >= 0.6 is 12.4 Å². The molecule has 0 aliphatic rings. The van der Waals surface area contributed by atoms with Crippen LogP contribution in [-0.4, -0.2) is 35.3 Å². The number of carbonyl (C=O) groups excluding carboxylic acids is 1. The molecule has 1 atom stereocenters. The molecule has 0 aliphatic heterocycles. The van der Waals surface area contributed by atoms with Gasteiger partial charge in [-0.1, -0.05) is 30.3 Å². The van der Waals surface area contributed by atoms with Gasteiger partial charge in [0.05, 0.1) is 18.1 Å². The molecule has 0 saturated carbocycles. The van der Waals surface area contributed by atoms with E-state index in [1.807, 2.05) is 54.9 Å². The van der Waals surface area contributed by atoms with E-state index in [9.17, 15) is 4.79 Å². The SMILES string of the molecule is COC(=O)c1c(OCC(N)Cc2ccccc2)ccc2nc(C)n(C)c12.Cl. The third-order valence-corrected chi connectivity index (χ3v) is 4.40. The molecule has 144 valence electrons. The highest BCUT2D eigenvalue weighted by Gasteiger charge is 2.22. The van der Waals surface area contributed by atoms with Crippen molar-refractivity contribution in [2.75, 3.05) is 13.7 Å². The number of hydrogen-bond donors (Lipinski definition) is 1. The number of methoxy groups -OCH3 is 1. The van der Waals surface area contributed by atoms with E-state index in [0.29, 0.717) is 29.9 Å². The van der Waals surface area contributed by atoms with Crippen LogP contribution in [0.1, 0.15) is 21.7 Å². The fourth-order valence-electron chi connectivity index (χ4n) is 2.99. The van der Waals surface area contributed by atoms with Crippen molar-refractivity contribution in [2.45, 2.75) is 19.4 Å². The molecule has 7 heteroatoms. The maximum Gasteiger partial charge on any atom is 0.343 e. The van der Waals surface area contributed by atoms with Crippen LogP contribution in [0.3, 0.4) is 0 Å². The van der Waals surface area contributed by atoms with Crippen molar-refractivity contribution in [3.63, 3.8) is 0 Å². The van der Waals surface area contributed by atoms with Crippen LogP contribution in [0.5, 0.6) is 5.75 Å². The Kier molecular flexibility index (Phi) is 6.82. The van der Waals surface area contributed by atoms with Crippen molar-refractivity contribution in [1.29, 1.82) is 0 Å². The van der Waals surface area contributed by atoms with E-state index in [1.165, 1.54) is 7.11 Å². The molecule has 0 amide bonds. The average Bonchev–Trinajstić information content (AvgIpc) is 2.94. The van der Waals surface area contributed by atoms with E-state index in [2.05, 4.69) is 4.98 Å². The number of benzene rings is 2. The van der Waals surface area contributed by atoms with E-state index < -0.39 is 5.97 Å². The number of rotatable bonds is 6. The summed E-state index contributed by atoms with van der Waals surface area (Å²) in [4.78, 5) is 16.8. The zero-order chi connectivity index (χ0) is 18.7. The lowest BCUT2D eigenvalue weighted by Crippen LogP contribution is -2.30. The Morgan fingerprint density at radius 2 is 1.93 bits per heavy atom. The molecule has 1 unspecified atom stereocenters. The van der Waals surface area contributed by atoms with Crippen molar-refractivity contribution >= 4 is 29.4 Å². The Labute approximate surface area is 164 Å². The highest BCUT2D eigenvalue weighted by atomic mass is 35.5. The number of carbonyl (C=O) groups is 1. The smallest absolute Gasteiger partial charge is 0.343 e. The van der Waals surface area contributed by atoms with Crippen LogP contribution in [0.2, 0.25) is 0 Å². The number of nitrogens with two attached hydrogens (primary N) is 1. The zero-order valence-corrected chi connectivity index (χ0v) is 16.5. The molecule has 0 saturated heterocycles. The summed E-state index contributed by atoms with van der Waals surface area (Å²) in [6.45, 7) is 2.18. The molecule has 0 spiro atoms. The van der Waals surface area contributed by atoms with E-state index in [4.69, 9.17) is 15.2 Å². The topological polar surface area (TPSA) is 79.4 Å². The Hall–Kier alpha value is -2.57. The van der Waals surface area contributed by atoms with Gasteiger partial charge in [-0.25, -0.2) is 9.78 Å². The number of hydrogen-bond acceptors (Lipinski definition) is 5. The van der Waals surface area contributed by atoms with Crippen LogP contribution in [-0.2, 0) is 18.2 Å². The molecular weight excluding hydrogens is 366 g/mol. The monoisotopic (exact) mass is 389 g/mol. The maximum atomic E-state index is 12.4. The van der Waals surface area contributed by atoms with Gasteiger partial charge in [0.2, 0.25) is 0 Å². The summed E-state index contributed by atoms with van der Waals surface area (Å²) >= 11 is 0. The molecule has 0 fully saturated rings. The van der Waals surface area contributed by atoms with Gasteiger partial charge in [0.25, 0.3) is 0 Å². The molecule has 3 rings (SSSR count). The van der Waals surface area contributed by atoms with Crippen LogP contribution in [0, 0.1) is 6.92 Å². The molecule has 3 aromatic rings. The minimum atomic E-state index is -0.453. The largest absolute Gasteiger partial charge is 0.491 e. The van der Waals surface area contributed by atoms with E-state index in [-0.39, 0.29) is 18.4 Å². The first-order valence-corrected chi connectivity index (χ1v) is 8.48. The first-order chi connectivity index (χ1) is 12.5. The lowest BCUT2D eigenvalue weighted by atomic mass is 10.1. The van der Waals surface area contributed by atoms with Crippen LogP contribution in [0.4, 0.5) is 0 Å².